The summed E-state index contributed by atoms with van der Waals surface area (Å²) in [4.78, 5) is 2.28. The van der Waals surface area contributed by atoms with E-state index >= 15 is 0 Å². The predicted molar refractivity (Wildman–Crippen MR) is 79.2 cm³/mol. The lowest BCUT2D eigenvalue weighted by molar-refractivity contribution is 0.574. The van der Waals surface area contributed by atoms with Crippen LogP contribution in [0, 0.1) is 5.82 Å². The zero-order chi connectivity index (χ0) is 13.8. The Hall–Kier alpha value is -1.09. The molecule has 3 heteroatoms. The number of para-hydroxylation sites is 1. The number of nitrogens with one attached hydrogen (secondary N) is 1. The molecule has 2 nitrogen and oxygen atoms in total. The highest BCUT2D eigenvalue weighted by Crippen LogP contribution is 2.37. The van der Waals surface area contributed by atoms with E-state index in [1.165, 1.54) is 12.8 Å². The second kappa shape index (κ2) is 6.38. The molecule has 0 saturated heterocycles. The van der Waals surface area contributed by atoms with E-state index in [9.17, 15) is 4.39 Å². The van der Waals surface area contributed by atoms with Crippen LogP contribution in [0.5, 0.6) is 0 Å². The maximum atomic E-state index is 14.3. The molecular weight excluding hydrogens is 239 g/mol. The van der Waals surface area contributed by atoms with Gasteiger partial charge in [0.25, 0.3) is 0 Å². The zero-order valence-electron chi connectivity index (χ0n) is 12.2. The summed E-state index contributed by atoms with van der Waals surface area (Å²) in [6.45, 7) is 8.19. The van der Waals surface area contributed by atoms with Crippen molar-refractivity contribution < 1.29 is 4.39 Å². The molecule has 0 radical (unpaired) electrons. The van der Waals surface area contributed by atoms with E-state index in [2.05, 4.69) is 37.1 Å². The first-order valence-corrected chi connectivity index (χ1v) is 7.47. The fourth-order valence-electron chi connectivity index (χ4n) is 2.70. The minimum absolute atomic E-state index is 0.0809. The summed E-state index contributed by atoms with van der Waals surface area (Å²) in [7, 11) is 0. The highest BCUT2D eigenvalue weighted by molar-refractivity contribution is 5.57. The molecule has 0 spiro atoms. The summed E-state index contributed by atoms with van der Waals surface area (Å²) >= 11 is 0. The van der Waals surface area contributed by atoms with Crippen molar-refractivity contribution >= 4 is 5.69 Å². The molecule has 1 unspecified atom stereocenters. The topological polar surface area (TPSA) is 15.3 Å². The number of rotatable bonds is 7. The first kappa shape index (κ1) is 14.3. The number of hydrogen-bond donors (Lipinski definition) is 1. The molecule has 1 aromatic carbocycles. The van der Waals surface area contributed by atoms with Crippen molar-refractivity contribution in [3.63, 3.8) is 0 Å². The van der Waals surface area contributed by atoms with Gasteiger partial charge in [-0.05, 0) is 44.4 Å². The van der Waals surface area contributed by atoms with Gasteiger partial charge >= 0.3 is 0 Å². The second-order valence-corrected chi connectivity index (χ2v) is 5.38. The van der Waals surface area contributed by atoms with Gasteiger partial charge in [0.2, 0.25) is 0 Å². The average Bonchev–Trinajstić information content (AvgIpc) is 3.21. The maximum Gasteiger partial charge on any atom is 0.146 e. The van der Waals surface area contributed by atoms with Crippen LogP contribution in [0.4, 0.5) is 10.1 Å². The summed E-state index contributed by atoms with van der Waals surface area (Å²) in [6, 6.07) is 6.19. The molecule has 1 N–H and O–H groups in total. The molecule has 1 aliphatic rings. The molecule has 19 heavy (non-hydrogen) atoms. The molecule has 106 valence electrons. The molecule has 0 aliphatic heterocycles. The van der Waals surface area contributed by atoms with Crippen LogP contribution in [0.3, 0.4) is 0 Å². The molecule has 0 bridgehead atoms. The largest absolute Gasteiger partial charge is 0.366 e. The van der Waals surface area contributed by atoms with Crippen LogP contribution in [0.25, 0.3) is 0 Å². The summed E-state index contributed by atoms with van der Waals surface area (Å²) in [6.07, 6.45) is 3.45. The van der Waals surface area contributed by atoms with Crippen LogP contribution < -0.4 is 10.2 Å². The Morgan fingerprint density at radius 1 is 1.37 bits per heavy atom. The number of anilines is 1. The van der Waals surface area contributed by atoms with Gasteiger partial charge in [0.15, 0.2) is 0 Å². The smallest absolute Gasteiger partial charge is 0.146 e. The van der Waals surface area contributed by atoms with Crippen LogP contribution in [0.15, 0.2) is 18.2 Å². The molecule has 0 aromatic heterocycles. The van der Waals surface area contributed by atoms with Crippen molar-refractivity contribution in [3.05, 3.63) is 29.6 Å². The van der Waals surface area contributed by atoms with E-state index in [-0.39, 0.29) is 11.9 Å². The number of nitrogens with zero attached hydrogens (tertiary/aromatic N) is 1. The third-order valence-electron chi connectivity index (χ3n) is 3.73. The molecule has 0 heterocycles. The maximum absolute atomic E-state index is 14.3. The molecule has 1 atom stereocenters. The van der Waals surface area contributed by atoms with Crippen molar-refractivity contribution in [2.24, 2.45) is 0 Å². The zero-order valence-corrected chi connectivity index (χ0v) is 12.2. The molecule has 0 amide bonds. The summed E-state index contributed by atoms with van der Waals surface area (Å²) in [5.41, 5.74) is 1.91. The summed E-state index contributed by atoms with van der Waals surface area (Å²) < 4.78 is 14.3. The molecular formula is C16H25FN2. The average molecular weight is 264 g/mol. The summed E-state index contributed by atoms with van der Waals surface area (Å²) in [5, 5.41) is 3.39. The SMILES string of the molecule is CCCN(c1c(F)cccc1C(C)NCC)C1CC1. The van der Waals surface area contributed by atoms with E-state index in [0.717, 1.165) is 30.8 Å². The minimum atomic E-state index is -0.0809. The molecule has 1 aliphatic carbocycles. The quantitative estimate of drug-likeness (QED) is 0.804. The highest BCUT2D eigenvalue weighted by atomic mass is 19.1. The Morgan fingerprint density at radius 3 is 2.68 bits per heavy atom. The lowest BCUT2D eigenvalue weighted by Crippen LogP contribution is -2.30. The van der Waals surface area contributed by atoms with Gasteiger partial charge < -0.3 is 10.2 Å². The Labute approximate surface area is 116 Å². The standard InChI is InChI=1S/C16H25FN2/c1-4-11-19(13-9-10-13)16-14(12(3)18-5-2)7-6-8-15(16)17/h6-8,12-13,18H,4-5,9-11H2,1-3H3. The first-order valence-electron chi connectivity index (χ1n) is 7.47. The van der Waals surface area contributed by atoms with Crippen LogP contribution >= 0.6 is 0 Å². The Morgan fingerprint density at radius 2 is 2.11 bits per heavy atom. The minimum Gasteiger partial charge on any atom is -0.366 e. The predicted octanol–water partition coefficient (Wildman–Crippen LogP) is 3.88. The number of halogens is 1. The number of benzene rings is 1. The van der Waals surface area contributed by atoms with Gasteiger partial charge in [0, 0.05) is 18.6 Å². The van der Waals surface area contributed by atoms with E-state index in [1.807, 2.05) is 6.07 Å². The molecule has 1 saturated carbocycles. The van der Waals surface area contributed by atoms with Crippen molar-refractivity contribution in [3.8, 4) is 0 Å². The Balaban J connectivity index is 2.35. The first-order chi connectivity index (χ1) is 9.19. The van der Waals surface area contributed by atoms with Crippen LogP contribution in [-0.4, -0.2) is 19.1 Å². The van der Waals surface area contributed by atoms with Crippen molar-refractivity contribution in [2.45, 2.75) is 52.1 Å². The second-order valence-electron chi connectivity index (χ2n) is 5.38. The van der Waals surface area contributed by atoms with Crippen molar-refractivity contribution in [1.82, 2.24) is 5.32 Å². The van der Waals surface area contributed by atoms with E-state index in [0.29, 0.717) is 6.04 Å². The van der Waals surface area contributed by atoms with Gasteiger partial charge in [-0.15, -0.1) is 0 Å². The summed E-state index contributed by atoms with van der Waals surface area (Å²) in [5.74, 6) is -0.0809. The lowest BCUT2D eigenvalue weighted by Gasteiger charge is -2.29. The van der Waals surface area contributed by atoms with Crippen LogP contribution in [0.1, 0.15) is 51.6 Å². The van der Waals surface area contributed by atoms with E-state index in [1.54, 1.807) is 6.07 Å². The highest BCUT2D eigenvalue weighted by Gasteiger charge is 2.32. The molecule has 2 rings (SSSR count). The Bertz CT molecular complexity index is 415. The van der Waals surface area contributed by atoms with Gasteiger partial charge in [-0.25, -0.2) is 4.39 Å². The van der Waals surface area contributed by atoms with Crippen molar-refractivity contribution in [2.75, 3.05) is 18.0 Å². The number of hydrogen-bond acceptors (Lipinski definition) is 2. The third kappa shape index (κ3) is 3.27. The van der Waals surface area contributed by atoms with Gasteiger partial charge in [-0.3, -0.25) is 0 Å². The van der Waals surface area contributed by atoms with Gasteiger partial charge in [0.1, 0.15) is 5.82 Å². The van der Waals surface area contributed by atoms with Crippen molar-refractivity contribution in [1.29, 1.82) is 0 Å². The fourth-order valence-corrected chi connectivity index (χ4v) is 2.70. The van der Waals surface area contributed by atoms with Gasteiger partial charge in [-0.1, -0.05) is 26.0 Å². The normalized spacial score (nSPS) is 16.4. The molecule has 1 aromatic rings. The fraction of sp³-hybridized carbons (Fsp3) is 0.625. The van der Waals surface area contributed by atoms with Crippen LogP contribution in [0.2, 0.25) is 0 Å². The molecule has 1 fully saturated rings. The van der Waals surface area contributed by atoms with E-state index < -0.39 is 0 Å². The van der Waals surface area contributed by atoms with Crippen LogP contribution in [-0.2, 0) is 0 Å². The Kier molecular flexibility index (Phi) is 4.81. The van der Waals surface area contributed by atoms with Gasteiger partial charge in [-0.2, -0.15) is 0 Å². The van der Waals surface area contributed by atoms with E-state index in [4.69, 9.17) is 0 Å². The van der Waals surface area contributed by atoms with Gasteiger partial charge in [0.05, 0.1) is 5.69 Å². The monoisotopic (exact) mass is 264 g/mol. The third-order valence-corrected chi connectivity index (χ3v) is 3.73. The lowest BCUT2D eigenvalue weighted by atomic mass is 10.0.